The number of nitrogens with zero attached hydrogens (tertiary/aromatic N) is 4. The summed E-state index contributed by atoms with van der Waals surface area (Å²) in [6, 6.07) is 7.32. The van der Waals surface area contributed by atoms with Gasteiger partial charge in [-0.05, 0) is 50.1 Å². The smallest absolute Gasteiger partial charge is 0.253 e. The lowest BCUT2D eigenvalue weighted by molar-refractivity contribution is 0.0950. The van der Waals surface area contributed by atoms with Crippen LogP contribution in [0.25, 0.3) is 5.82 Å². The molecular weight excluding hydrogens is 302 g/mol. The van der Waals surface area contributed by atoms with Gasteiger partial charge in [0.15, 0.2) is 5.82 Å². The normalized spacial score (nSPS) is 10.6. The van der Waals surface area contributed by atoms with Crippen LogP contribution in [-0.4, -0.2) is 25.7 Å². The second-order valence-corrected chi connectivity index (χ2v) is 5.66. The van der Waals surface area contributed by atoms with Crippen LogP contribution >= 0.6 is 0 Å². The summed E-state index contributed by atoms with van der Waals surface area (Å²) in [5, 5.41) is 7.33. The number of carbonyl (C=O) groups excluding carboxylic acids is 1. The highest BCUT2D eigenvalue weighted by atomic mass is 16.1. The van der Waals surface area contributed by atoms with Gasteiger partial charge in [-0.3, -0.25) is 9.78 Å². The monoisotopic (exact) mass is 321 g/mol. The van der Waals surface area contributed by atoms with Crippen molar-refractivity contribution >= 4 is 5.91 Å². The van der Waals surface area contributed by atoms with Crippen molar-refractivity contribution in [3.05, 3.63) is 70.9 Å². The molecule has 3 heterocycles. The van der Waals surface area contributed by atoms with E-state index in [1.165, 1.54) is 0 Å². The molecule has 0 aliphatic rings. The van der Waals surface area contributed by atoms with Crippen molar-refractivity contribution in [1.29, 1.82) is 0 Å². The van der Waals surface area contributed by atoms with Crippen LogP contribution in [0.15, 0.2) is 42.9 Å². The fourth-order valence-electron chi connectivity index (χ4n) is 2.38. The first-order valence-corrected chi connectivity index (χ1v) is 7.72. The minimum Gasteiger partial charge on any atom is -0.348 e. The van der Waals surface area contributed by atoms with Crippen LogP contribution in [0.4, 0.5) is 0 Å². The fraction of sp³-hybridized carbons (Fsp3) is 0.222. The number of rotatable bonds is 4. The Labute approximate surface area is 140 Å². The van der Waals surface area contributed by atoms with E-state index in [2.05, 4.69) is 20.4 Å². The van der Waals surface area contributed by atoms with E-state index >= 15 is 0 Å². The maximum absolute atomic E-state index is 12.2. The van der Waals surface area contributed by atoms with Crippen molar-refractivity contribution in [2.45, 2.75) is 27.3 Å². The Hall–Kier alpha value is -3.02. The van der Waals surface area contributed by atoms with Crippen LogP contribution in [-0.2, 0) is 6.54 Å². The Bertz CT molecular complexity index is 853. The van der Waals surface area contributed by atoms with Crippen molar-refractivity contribution in [3.63, 3.8) is 0 Å². The molecule has 0 aliphatic carbocycles. The predicted octanol–water partition coefficient (Wildman–Crippen LogP) is 2.52. The van der Waals surface area contributed by atoms with Gasteiger partial charge in [0, 0.05) is 30.8 Å². The number of hydrogen-bond acceptors (Lipinski definition) is 4. The maximum atomic E-state index is 12.2. The number of carbonyl (C=O) groups is 1. The van der Waals surface area contributed by atoms with Gasteiger partial charge in [-0.25, -0.2) is 9.67 Å². The second kappa shape index (κ2) is 6.62. The number of nitrogens with one attached hydrogen (secondary N) is 1. The van der Waals surface area contributed by atoms with E-state index < -0.39 is 0 Å². The van der Waals surface area contributed by atoms with E-state index in [1.807, 2.05) is 32.9 Å². The summed E-state index contributed by atoms with van der Waals surface area (Å²) < 4.78 is 1.79. The summed E-state index contributed by atoms with van der Waals surface area (Å²) in [6.45, 7) is 6.45. The third-order valence-corrected chi connectivity index (χ3v) is 4.06. The first-order chi connectivity index (χ1) is 11.6. The Morgan fingerprint density at radius 3 is 2.58 bits per heavy atom. The third-order valence-electron chi connectivity index (χ3n) is 4.06. The van der Waals surface area contributed by atoms with Gasteiger partial charge in [-0.1, -0.05) is 6.07 Å². The summed E-state index contributed by atoms with van der Waals surface area (Å²) in [4.78, 5) is 20.6. The Kier molecular flexibility index (Phi) is 4.37. The summed E-state index contributed by atoms with van der Waals surface area (Å²) in [6.07, 6.45) is 5.00. The molecule has 0 saturated carbocycles. The van der Waals surface area contributed by atoms with E-state index in [0.717, 1.165) is 22.5 Å². The topological polar surface area (TPSA) is 72.7 Å². The Morgan fingerprint density at radius 1 is 1.17 bits per heavy atom. The molecule has 0 bridgehead atoms. The molecule has 1 N–H and O–H groups in total. The van der Waals surface area contributed by atoms with Crippen LogP contribution in [0, 0.1) is 20.8 Å². The number of hydrogen-bond donors (Lipinski definition) is 1. The molecular formula is C18H19N5O. The summed E-state index contributed by atoms with van der Waals surface area (Å²) in [5.74, 6) is 0.537. The van der Waals surface area contributed by atoms with Gasteiger partial charge in [0.2, 0.25) is 0 Å². The van der Waals surface area contributed by atoms with Crippen molar-refractivity contribution in [3.8, 4) is 5.82 Å². The number of aromatic nitrogens is 4. The molecule has 24 heavy (non-hydrogen) atoms. The molecule has 3 aromatic rings. The molecule has 3 rings (SSSR count). The molecule has 0 aromatic carbocycles. The van der Waals surface area contributed by atoms with Gasteiger partial charge in [-0.2, -0.15) is 5.10 Å². The number of pyridine rings is 2. The van der Waals surface area contributed by atoms with Crippen LogP contribution in [0.2, 0.25) is 0 Å². The Morgan fingerprint density at radius 2 is 2.00 bits per heavy atom. The quantitative estimate of drug-likeness (QED) is 0.801. The fourth-order valence-corrected chi connectivity index (χ4v) is 2.38. The van der Waals surface area contributed by atoms with Crippen LogP contribution in [0.5, 0.6) is 0 Å². The molecule has 3 aromatic heterocycles. The van der Waals surface area contributed by atoms with Gasteiger partial charge in [-0.15, -0.1) is 0 Å². The van der Waals surface area contributed by atoms with Gasteiger partial charge in [0.05, 0.1) is 11.3 Å². The Balaban J connectivity index is 1.72. The second-order valence-electron chi connectivity index (χ2n) is 5.66. The van der Waals surface area contributed by atoms with Gasteiger partial charge < -0.3 is 5.32 Å². The average Bonchev–Trinajstić information content (AvgIpc) is 2.88. The highest BCUT2D eigenvalue weighted by molar-refractivity contribution is 5.93. The number of amides is 1. The van der Waals surface area contributed by atoms with Crippen molar-refractivity contribution in [2.24, 2.45) is 0 Å². The van der Waals surface area contributed by atoms with Crippen molar-refractivity contribution in [2.75, 3.05) is 0 Å². The first-order valence-electron chi connectivity index (χ1n) is 7.72. The highest BCUT2D eigenvalue weighted by Crippen LogP contribution is 2.15. The zero-order valence-electron chi connectivity index (χ0n) is 13.9. The van der Waals surface area contributed by atoms with Crippen LogP contribution in [0.3, 0.4) is 0 Å². The highest BCUT2D eigenvalue weighted by Gasteiger charge is 2.11. The molecule has 0 fully saturated rings. The van der Waals surface area contributed by atoms with E-state index in [-0.39, 0.29) is 5.91 Å². The van der Waals surface area contributed by atoms with E-state index in [1.54, 1.807) is 35.4 Å². The van der Waals surface area contributed by atoms with E-state index in [9.17, 15) is 4.79 Å². The van der Waals surface area contributed by atoms with E-state index in [4.69, 9.17) is 0 Å². The first kappa shape index (κ1) is 15.9. The standard InChI is InChI=1S/C18H19N5O/c1-12-13(2)22-23(14(12)3)17-7-6-16(11-20-17)18(24)21-10-15-5-4-8-19-9-15/h4-9,11H,10H2,1-3H3,(H,21,24). The molecule has 0 aliphatic heterocycles. The molecule has 0 atom stereocenters. The zero-order chi connectivity index (χ0) is 17.1. The molecule has 6 heteroatoms. The summed E-state index contributed by atoms with van der Waals surface area (Å²) in [5.41, 5.74) is 4.64. The van der Waals surface area contributed by atoms with Crippen molar-refractivity contribution in [1.82, 2.24) is 25.1 Å². The van der Waals surface area contributed by atoms with Crippen molar-refractivity contribution < 1.29 is 4.79 Å². The molecule has 122 valence electrons. The lowest BCUT2D eigenvalue weighted by Crippen LogP contribution is -2.23. The molecule has 0 unspecified atom stereocenters. The van der Waals surface area contributed by atoms with E-state index in [0.29, 0.717) is 17.9 Å². The third kappa shape index (κ3) is 3.17. The molecule has 1 amide bonds. The van der Waals surface area contributed by atoms with Crippen LogP contribution in [0.1, 0.15) is 32.9 Å². The zero-order valence-corrected chi connectivity index (χ0v) is 13.9. The number of aryl methyl sites for hydroxylation is 1. The molecule has 6 nitrogen and oxygen atoms in total. The minimum atomic E-state index is -0.164. The predicted molar refractivity (Wildman–Crippen MR) is 91.0 cm³/mol. The largest absolute Gasteiger partial charge is 0.348 e. The maximum Gasteiger partial charge on any atom is 0.253 e. The molecule has 0 saturated heterocycles. The van der Waals surface area contributed by atoms with Gasteiger partial charge in [0.1, 0.15) is 0 Å². The van der Waals surface area contributed by atoms with Gasteiger partial charge in [0.25, 0.3) is 5.91 Å². The lowest BCUT2D eigenvalue weighted by atomic mass is 10.2. The molecule has 0 radical (unpaired) electrons. The average molecular weight is 321 g/mol. The lowest BCUT2D eigenvalue weighted by Gasteiger charge is -2.07. The molecule has 0 spiro atoms. The summed E-state index contributed by atoms with van der Waals surface area (Å²) in [7, 11) is 0. The summed E-state index contributed by atoms with van der Waals surface area (Å²) >= 11 is 0. The van der Waals surface area contributed by atoms with Gasteiger partial charge >= 0.3 is 0 Å². The van der Waals surface area contributed by atoms with Crippen LogP contribution < -0.4 is 5.32 Å². The SMILES string of the molecule is Cc1nn(-c2ccc(C(=O)NCc3cccnc3)cn2)c(C)c1C. The minimum absolute atomic E-state index is 0.164.